The Morgan fingerprint density at radius 2 is 1.97 bits per heavy atom. The van der Waals surface area contributed by atoms with Gasteiger partial charge in [0.1, 0.15) is 23.3 Å². The summed E-state index contributed by atoms with van der Waals surface area (Å²) in [6.07, 6.45) is 5.36. The predicted octanol–water partition coefficient (Wildman–Crippen LogP) is 3.93. The highest BCUT2D eigenvalue weighted by atomic mass is 16.6. The Morgan fingerprint density at radius 1 is 1.18 bits per heavy atom. The van der Waals surface area contributed by atoms with Crippen molar-refractivity contribution in [3.63, 3.8) is 0 Å². The number of imidazole rings is 2. The van der Waals surface area contributed by atoms with Gasteiger partial charge in [0.25, 0.3) is 0 Å². The van der Waals surface area contributed by atoms with E-state index in [9.17, 15) is 4.79 Å². The van der Waals surface area contributed by atoms with Crippen LogP contribution in [0.1, 0.15) is 45.5 Å². The van der Waals surface area contributed by atoms with Crippen LogP contribution in [0.3, 0.4) is 0 Å². The molecule has 178 valence electrons. The van der Waals surface area contributed by atoms with Crippen molar-refractivity contribution < 1.29 is 9.53 Å². The zero-order chi connectivity index (χ0) is 23.7. The molecular weight excluding hydrogens is 432 g/mol. The van der Waals surface area contributed by atoms with Crippen molar-refractivity contribution in [1.29, 1.82) is 0 Å². The average molecular weight is 463 g/mol. The molecule has 0 bridgehead atoms. The molecule has 0 radical (unpaired) electrons. The van der Waals surface area contributed by atoms with Gasteiger partial charge in [-0.15, -0.1) is 0 Å². The Labute approximate surface area is 197 Å². The molecule has 4 aromatic rings. The van der Waals surface area contributed by atoms with Gasteiger partial charge in [0.2, 0.25) is 0 Å². The molecule has 2 N–H and O–H groups in total. The summed E-state index contributed by atoms with van der Waals surface area (Å²) in [6.45, 7) is 7.70. The molecule has 34 heavy (non-hydrogen) atoms. The van der Waals surface area contributed by atoms with Gasteiger partial charge in [0.15, 0.2) is 11.5 Å². The van der Waals surface area contributed by atoms with E-state index in [-0.39, 0.29) is 12.1 Å². The molecule has 1 aromatic carbocycles. The highest BCUT2D eigenvalue weighted by Gasteiger charge is 2.29. The van der Waals surface area contributed by atoms with E-state index in [0.29, 0.717) is 25.3 Å². The summed E-state index contributed by atoms with van der Waals surface area (Å²) in [5.41, 5.74) is 3.07. The Bertz CT molecular complexity index is 1300. The number of anilines is 1. The number of piperidine rings is 1. The van der Waals surface area contributed by atoms with Gasteiger partial charge in [-0.1, -0.05) is 12.1 Å². The van der Waals surface area contributed by atoms with Crippen LogP contribution in [0.4, 0.5) is 10.6 Å². The lowest BCUT2D eigenvalue weighted by Crippen LogP contribution is -2.42. The molecule has 4 heterocycles. The lowest BCUT2D eigenvalue weighted by atomic mass is 10.0. The monoisotopic (exact) mass is 462 g/mol. The normalized spacial score (nSPS) is 15.2. The number of rotatable bonds is 5. The van der Waals surface area contributed by atoms with Crippen LogP contribution in [0.5, 0.6) is 0 Å². The van der Waals surface area contributed by atoms with Gasteiger partial charge >= 0.3 is 6.09 Å². The average Bonchev–Trinajstić information content (AvgIpc) is 3.43. The maximum atomic E-state index is 12.5. The number of nitrogens with one attached hydrogen (secondary N) is 2. The van der Waals surface area contributed by atoms with Gasteiger partial charge in [-0.25, -0.2) is 24.7 Å². The van der Waals surface area contributed by atoms with Gasteiger partial charge in [-0.3, -0.25) is 0 Å². The van der Waals surface area contributed by atoms with E-state index in [2.05, 4.69) is 42.0 Å². The lowest BCUT2D eigenvalue weighted by Gasteiger charge is -2.34. The molecule has 1 aliphatic rings. The molecule has 1 fully saturated rings. The smallest absolute Gasteiger partial charge is 0.410 e. The van der Waals surface area contributed by atoms with Crippen molar-refractivity contribution in [3.8, 4) is 0 Å². The zero-order valence-corrected chi connectivity index (χ0v) is 19.8. The van der Waals surface area contributed by atoms with Crippen LogP contribution >= 0.6 is 0 Å². The molecule has 0 spiro atoms. The second-order valence-electron chi connectivity index (χ2n) is 9.59. The molecule has 0 unspecified atom stereocenters. The molecular formula is C24H30N8O2. The molecule has 1 saturated heterocycles. The van der Waals surface area contributed by atoms with Crippen LogP contribution < -0.4 is 5.32 Å². The quantitative estimate of drug-likeness (QED) is 0.462. The molecule has 5 rings (SSSR count). The Balaban J connectivity index is 1.31. The third-order valence-corrected chi connectivity index (χ3v) is 6.01. The van der Waals surface area contributed by atoms with E-state index in [1.54, 1.807) is 6.33 Å². The van der Waals surface area contributed by atoms with Crippen LogP contribution in [0.15, 0.2) is 36.9 Å². The van der Waals surface area contributed by atoms with E-state index in [1.165, 1.54) is 6.33 Å². The first-order valence-electron chi connectivity index (χ1n) is 11.7. The molecule has 1 amide bonds. The number of aromatic nitrogens is 6. The summed E-state index contributed by atoms with van der Waals surface area (Å²) in [7, 11) is 0. The first kappa shape index (κ1) is 22.1. The van der Waals surface area contributed by atoms with Gasteiger partial charge in [-0.2, -0.15) is 0 Å². The van der Waals surface area contributed by atoms with Crippen molar-refractivity contribution in [2.75, 3.05) is 25.0 Å². The Kier molecular flexibility index (Phi) is 5.80. The van der Waals surface area contributed by atoms with Crippen molar-refractivity contribution in [3.05, 3.63) is 42.7 Å². The molecule has 0 saturated carbocycles. The van der Waals surface area contributed by atoms with Crippen LogP contribution in [0, 0.1) is 0 Å². The van der Waals surface area contributed by atoms with Crippen molar-refractivity contribution in [1.82, 2.24) is 34.4 Å². The summed E-state index contributed by atoms with van der Waals surface area (Å²) in [5, 5.41) is 3.40. The van der Waals surface area contributed by atoms with Crippen molar-refractivity contribution in [2.45, 2.75) is 51.7 Å². The number of hydrogen-bond acceptors (Lipinski definition) is 7. The van der Waals surface area contributed by atoms with Gasteiger partial charge in [-0.05, 0) is 45.7 Å². The molecule has 3 aromatic heterocycles. The summed E-state index contributed by atoms with van der Waals surface area (Å²) in [6, 6.07) is 8.52. The number of fused-ring (bicyclic) bond motifs is 2. The molecule has 0 aliphatic carbocycles. The molecule has 10 heteroatoms. The van der Waals surface area contributed by atoms with Crippen LogP contribution in [-0.2, 0) is 11.2 Å². The Hall–Kier alpha value is -3.69. The lowest BCUT2D eigenvalue weighted by molar-refractivity contribution is 0.0189. The van der Waals surface area contributed by atoms with E-state index in [4.69, 9.17) is 9.72 Å². The SMILES string of the molecule is CC(C)(C)OC(=O)N1CCC(n2c(CCNc3ncnc4nc[nH]c34)nc3ccccc32)CC1. The van der Waals surface area contributed by atoms with E-state index < -0.39 is 5.60 Å². The number of para-hydroxylation sites is 2. The van der Waals surface area contributed by atoms with Gasteiger partial charge in [0.05, 0.1) is 17.4 Å². The third kappa shape index (κ3) is 4.52. The van der Waals surface area contributed by atoms with E-state index in [1.807, 2.05) is 37.8 Å². The summed E-state index contributed by atoms with van der Waals surface area (Å²) in [4.78, 5) is 35.0. The first-order chi connectivity index (χ1) is 16.4. The minimum Gasteiger partial charge on any atom is -0.444 e. The van der Waals surface area contributed by atoms with E-state index in [0.717, 1.165) is 47.5 Å². The number of H-pyrrole nitrogens is 1. The number of aromatic amines is 1. The number of nitrogens with zero attached hydrogens (tertiary/aromatic N) is 6. The molecule has 1 aliphatic heterocycles. The minimum atomic E-state index is -0.486. The standard InChI is InChI=1S/C24H30N8O2/c1-24(2,3)34-23(33)31-12-9-16(10-13-31)32-18-7-5-4-6-17(18)30-19(32)8-11-25-21-20-22(27-14-26-20)29-15-28-21/h4-7,14-16H,8-13H2,1-3H3,(H2,25,26,27,28,29). The summed E-state index contributed by atoms with van der Waals surface area (Å²) in [5.74, 6) is 1.76. The number of ether oxygens (including phenoxy) is 1. The summed E-state index contributed by atoms with van der Waals surface area (Å²) < 4.78 is 7.92. The highest BCUT2D eigenvalue weighted by Crippen LogP contribution is 2.30. The van der Waals surface area contributed by atoms with E-state index >= 15 is 0 Å². The van der Waals surface area contributed by atoms with Crippen LogP contribution in [0.2, 0.25) is 0 Å². The fourth-order valence-electron chi connectivity index (χ4n) is 4.50. The number of benzene rings is 1. The topological polar surface area (TPSA) is 114 Å². The fraction of sp³-hybridized carbons (Fsp3) is 0.458. The van der Waals surface area contributed by atoms with Crippen LogP contribution in [-0.4, -0.2) is 65.7 Å². The maximum absolute atomic E-state index is 12.5. The zero-order valence-electron chi connectivity index (χ0n) is 19.8. The van der Waals surface area contributed by atoms with Crippen LogP contribution in [0.25, 0.3) is 22.2 Å². The molecule has 10 nitrogen and oxygen atoms in total. The van der Waals surface area contributed by atoms with Crippen molar-refractivity contribution >= 4 is 34.1 Å². The second kappa shape index (κ2) is 8.92. The summed E-state index contributed by atoms with van der Waals surface area (Å²) >= 11 is 0. The maximum Gasteiger partial charge on any atom is 0.410 e. The third-order valence-electron chi connectivity index (χ3n) is 6.01. The van der Waals surface area contributed by atoms with Gasteiger partial charge in [0, 0.05) is 32.1 Å². The fourth-order valence-corrected chi connectivity index (χ4v) is 4.50. The first-order valence-corrected chi connectivity index (χ1v) is 11.7. The number of amides is 1. The predicted molar refractivity (Wildman–Crippen MR) is 130 cm³/mol. The van der Waals surface area contributed by atoms with Crippen molar-refractivity contribution in [2.24, 2.45) is 0 Å². The number of likely N-dealkylation sites (tertiary alicyclic amines) is 1. The second-order valence-corrected chi connectivity index (χ2v) is 9.59. The number of hydrogen-bond donors (Lipinski definition) is 2. The Morgan fingerprint density at radius 3 is 2.76 bits per heavy atom. The molecule has 0 atom stereocenters. The number of carbonyl (C=O) groups excluding carboxylic acids is 1. The van der Waals surface area contributed by atoms with Gasteiger partial charge < -0.3 is 24.5 Å². The number of carbonyl (C=O) groups is 1. The highest BCUT2D eigenvalue weighted by molar-refractivity contribution is 5.82. The minimum absolute atomic E-state index is 0.235. The largest absolute Gasteiger partial charge is 0.444 e.